The van der Waals surface area contributed by atoms with Crippen molar-refractivity contribution in [2.45, 2.75) is 46.7 Å². The molecule has 0 bridgehead atoms. The van der Waals surface area contributed by atoms with Gasteiger partial charge in [-0.2, -0.15) is 0 Å². The third-order valence-corrected chi connectivity index (χ3v) is 8.18. The van der Waals surface area contributed by atoms with Crippen LogP contribution in [-0.2, 0) is 0 Å². The Bertz CT molecular complexity index is 1710. The fraction of sp³-hybridized carbons (Fsp3) is 0.200. The number of thiocarbonyl (C=S) groups is 1. The molecule has 1 N–H and O–H groups in total. The van der Waals surface area contributed by atoms with Crippen LogP contribution in [0, 0.1) is 34.6 Å². The minimum absolute atomic E-state index is 0.0914. The maximum Gasteiger partial charge on any atom is 0.174 e. The Morgan fingerprint density at radius 2 is 1.46 bits per heavy atom. The Balaban J connectivity index is 1.42. The van der Waals surface area contributed by atoms with Crippen molar-refractivity contribution < 1.29 is 4.74 Å². The van der Waals surface area contributed by atoms with Crippen LogP contribution in [0.5, 0.6) is 11.5 Å². The van der Waals surface area contributed by atoms with E-state index in [1.807, 2.05) is 42.6 Å². The molecular weight excluding hydrogens is 524 g/mol. The van der Waals surface area contributed by atoms with Crippen LogP contribution in [0.4, 0.5) is 5.69 Å². The predicted molar refractivity (Wildman–Crippen MR) is 170 cm³/mol. The Labute approximate surface area is 247 Å². The highest BCUT2D eigenvalue weighted by molar-refractivity contribution is 7.80. The van der Waals surface area contributed by atoms with Gasteiger partial charge in [0.2, 0.25) is 0 Å². The van der Waals surface area contributed by atoms with E-state index in [4.69, 9.17) is 21.9 Å². The lowest BCUT2D eigenvalue weighted by Gasteiger charge is -2.28. The van der Waals surface area contributed by atoms with E-state index in [0.717, 1.165) is 22.9 Å². The van der Waals surface area contributed by atoms with Crippen LogP contribution >= 0.6 is 12.2 Å². The van der Waals surface area contributed by atoms with Gasteiger partial charge in [0, 0.05) is 29.0 Å². The van der Waals surface area contributed by atoms with Gasteiger partial charge in [-0.25, -0.2) is 0 Å². The summed E-state index contributed by atoms with van der Waals surface area (Å²) >= 11 is 5.99. The quantitative estimate of drug-likeness (QED) is 0.212. The SMILES string of the molecule is Cc1ccc(Oc2ccc(N3C(=S)N[C@H](c4ccccn4)[C@H]3c3cc(C)n(-c4cc(C)ccc4C)c3C)cc2)cc1. The molecule has 0 amide bonds. The Morgan fingerprint density at radius 3 is 2.15 bits per heavy atom. The van der Waals surface area contributed by atoms with Crippen molar-refractivity contribution in [3.8, 4) is 17.2 Å². The molecule has 1 saturated heterocycles. The molecule has 41 heavy (non-hydrogen) atoms. The van der Waals surface area contributed by atoms with Crippen molar-refractivity contribution in [2.75, 3.05) is 4.90 Å². The van der Waals surface area contributed by atoms with E-state index in [2.05, 4.69) is 104 Å². The van der Waals surface area contributed by atoms with E-state index < -0.39 is 0 Å². The van der Waals surface area contributed by atoms with Gasteiger partial charge < -0.3 is 19.5 Å². The summed E-state index contributed by atoms with van der Waals surface area (Å²) in [4.78, 5) is 6.96. The lowest BCUT2D eigenvalue weighted by molar-refractivity contribution is 0.482. The van der Waals surface area contributed by atoms with E-state index >= 15 is 0 Å². The minimum atomic E-state index is -0.111. The molecule has 0 spiro atoms. The summed E-state index contributed by atoms with van der Waals surface area (Å²) in [6, 6.07) is 31.0. The van der Waals surface area contributed by atoms with Crippen molar-refractivity contribution in [3.05, 3.63) is 137 Å². The standard InChI is InChI=1S/C35H34N4OS/c1-22-10-15-28(16-11-22)40-29-17-13-27(14-18-29)39-34(33(37-35(39)41)31-8-6-7-19-36-31)30-21-25(4)38(26(30)5)32-20-23(2)9-12-24(32)3/h6-21,33-34H,1-5H3,(H,37,41)/t33-,34-/m1/s1. The van der Waals surface area contributed by atoms with Crippen LogP contribution in [0.1, 0.15) is 51.4 Å². The average molecular weight is 559 g/mol. The Morgan fingerprint density at radius 1 is 0.780 bits per heavy atom. The second-order valence-electron chi connectivity index (χ2n) is 10.9. The molecule has 6 rings (SSSR count). The maximum absolute atomic E-state index is 6.11. The molecule has 0 aliphatic carbocycles. The number of nitrogens with zero attached hydrogens (tertiary/aromatic N) is 3. The number of hydrogen-bond donors (Lipinski definition) is 1. The van der Waals surface area contributed by atoms with Crippen molar-refractivity contribution >= 4 is 23.0 Å². The fourth-order valence-electron chi connectivity index (χ4n) is 5.78. The Hall–Kier alpha value is -4.42. The van der Waals surface area contributed by atoms with Crippen molar-refractivity contribution in [3.63, 3.8) is 0 Å². The molecule has 1 fully saturated rings. The fourth-order valence-corrected chi connectivity index (χ4v) is 6.13. The van der Waals surface area contributed by atoms with Crippen molar-refractivity contribution in [1.29, 1.82) is 0 Å². The van der Waals surface area contributed by atoms with E-state index in [9.17, 15) is 0 Å². The molecule has 2 atom stereocenters. The number of hydrogen-bond acceptors (Lipinski definition) is 3. The number of rotatable bonds is 6. The normalized spacial score (nSPS) is 16.6. The predicted octanol–water partition coefficient (Wildman–Crippen LogP) is 8.38. The molecule has 1 aliphatic rings. The topological polar surface area (TPSA) is 42.3 Å². The van der Waals surface area contributed by atoms with Crippen LogP contribution < -0.4 is 15.0 Å². The molecule has 1 aliphatic heterocycles. The summed E-state index contributed by atoms with van der Waals surface area (Å²) in [7, 11) is 0. The number of anilines is 1. The molecule has 5 nitrogen and oxygen atoms in total. The van der Waals surface area contributed by atoms with Gasteiger partial charge in [0.15, 0.2) is 5.11 Å². The van der Waals surface area contributed by atoms with Crippen LogP contribution in [0.2, 0.25) is 0 Å². The van der Waals surface area contributed by atoms with Crippen molar-refractivity contribution in [2.24, 2.45) is 0 Å². The van der Waals surface area contributed by atoms with Gasteiger partial charge in [-0.3, -0.25) is 4.98 Å². The molecular formula is C35H34N4OS. The van der Waals surface area contributed by atoms with Crippen LogP contribution in [0.3, 0.4) is 0 Å². The first-order chi connectivity index (χ1) is 19.8. The van der Waals surface area contributed by atoms with Crippen LogP contribution in [0.15, 0.2) is 97.2 Å². The summed E-state index contributed by atoms with van der Waals surface area (Å²) in [6.45, 7) is 10.8. The summed E-state index contributed by atoms with van der Waals surface area (Å²) in [6.07, 6.45) is 1.84. The second-order valence-corrected chi connectivity index (χ2v) is 11.2. The van der Waals surface area contributed by atoms with Gasteiger partial charge in [-0.15, -0.1) is 0 Å². The summed E-state index contributed by atoms with van der Waals surface area (Å²) in [5.41, 5.74) is 10.4. The van der Waals surface area contributed by atoms with Crippen LogP contribution in [0.25, 0.3) is 5.69 Å². The third kappa shape index (κ3) is 5.11. The first-order valence-corrected chi connectivity index (χ1v) is 14.3. The highest BCUT2D eigenvalue weighted by Gasteiger charge is 2.42. The number of aromatic nitrogens is 2. The van der Waals surface area contributed by atoms with E-state index in [1.54, 1.807) is 0 Å². The summed E-state index contributed by atoms with van der Waals surface area (Å²) in [5, 5.41) is 4.27. The molecule has 0 radical (unpaired) electrons. The third-order valence-electron chi connectivity index (χ3n) is 7.86. The van der Waals surface area contributed by atoms with E-state index in [0.29, 0.717) is 5.11 Å². The summed E-state index contributed by atoms with van der Waals surface area (Å²) in [5.74, 6) is 1.59. The smallest absolute Gasteiger partial charge is 0.174 e. The molecule has 206 valence electrons. The molecule has 3 aromatic carbocycles. The zero-order chi connectivity index (χ0) is 28.7. The number of benzene rings is 3. The largest absolute Gasteiger partial charge is 0.457 e. The van der Waals surface area contributed by atoms with Gasteiger partial charge in [0.1, 0.15) is 11.5 Å². The molecule has 0 unspecified atom stereocenters. The number of aryl methyl sites for hydroxylation is 4. The van der Waals surface area contributed by atoms with Crippen LogP contribution in [-0.4, -0.2) is 14.7 Å². The lowest BCUT2D eigenvalue weighted by atomic mass is 9.96. The zero-order valence-electron chi connectivity index (χ0n) is 24.1. The first kappa shape index (κ1) is 26.8. The van der Waals surface area contributed by atoms with Gasteiger partial charge in [0.05, 0.1) is 17.8 Å². The highest BCUT2D eigenvalue weighted by Crippen LogP contribution is 2.44. The molecule has 2 aromatic heterocycles. The minimum Gasteiger partial charge on any atom is -0.457 e. The zero-order valence-corrected chi connectivity index (χ0v) is 24.9. The van der Waals surface area contributed by atoms with E-state index in [1.165, 1.54) is 39.3 Å². The molecule has 6 heteroatoms. The lowest BCUT2D eigenvalue weighted by Crippen LogP contribution is -2.29. The molecule has 3 heterocycles. The summed E-state index contributed by atoms with van der Waals surface area (Å²) < 4.78 is 8.47. The molecule has 0 saturated carbocycles. The van der Waals surface area contributed by atoms with Gasteiger partial charge >= 0.3 is 0 Å². The highest BCUT2D eigenvalue weighted by atomic mass is 32.1. The average Bonchev–Trinajstić information content (AvgIpc) is 3.47. The maximum atomic E-state index is 6.11. The van der Waals surface area contributed by atoms with Crippen molar-refractivity contribution in [1.82, 2.24) is 14.9 Å². The first-order valence-electron chi connectivity index (χ1n) is 13.9. The van der Waals surface area contributed by atoms with E-state index in [-0.39, 0.29) is 12.1 Å². The number of pyridine rings is 1. The van der Waals surface area contributed by atoms with Gasteiger partial charge in [0.25, 0.3) is 0 Å². The number of ether oxygens (including phenoxy) is 1. The van der Waals surface area contributed by atoms with Gasteiger partial charge in [-0.05, 0) is 124 Å². The number of nitrogens with one attached hydrogen (secondary N) is 1. The Kier molecular flexibility index (Phi) is 7.10. The van der Waals surface area contributed by atoms with Gasteiger partial charge in [-0.1, -0.05) is 35.9 Å². The molecule has 5 aromatic rings. The second kappa shape index (κ2) is 10.9. The monoisotopic (exact) mass is 558 g/mol.